The number of thioether (sulfide) groups is 1. The van der Waals surface area contributed by atoms with Gasteiger partial charge in [0, 0.05) is 10.7 Å². The van der Waals surface area contributed by atoms with Crippen LogP contribution in [0.3, 0.4) is 0 Å². The van der Waals surface area contributed by atoms with E-state index in [0.29, 0.717) is 4.91 Å². The molecule has 0 unspecified atom stereocenters. The maximum atomic E-state index is 12.0. The van der Waals surface area contributed by atoms with Gasteiger partial charge in [-0.15, -0.1) is 11.8 Å². The van der Waals surface area contributed by atoms with Crippen molar-refractivity contribution in [2.45, 2.75) is 32.4 Å². The fourth-order valence-electron chi connectivity index (χ4n) is 1.38. The maximum absolute atomic E-state index is 12.0. The second-order valence-electron chi connectivity index (χ2n) is 5.22. The minimum atomic E-state index is -0.885. The number of hydrogen-bond donors (Lipinski definition) is 1. The van der Waals surface area contributed by atoms with Gasteiger partial charge in [-0.2, -0.15) is 0 Å². The highest BCUT2D eigenvalue weighted by atomic mass is 32.2. The molecule has 2 amide bonds. The van der Waals surface area contributed by atoms with Crippen molar-refractivity contribution < 1.29 is 23.9 Å². The summed E-state index contributed by atoms with van der Waals surface area (Å²) in [6.07, 6.45) is -0.719. The van der Waals surface area contributed by atoms with E-state index < -0.39 is 29.6 Å². The van der Waals surface area contributed by atoms with Gasteiger partial charge < -0.3 is 14.8 Å². The molecular formula is C13H18N2O5S. The van der Waals surface area contributed by atoms with Crippen LogP contribution in [0.4, 0.5) is 4.79 Å². The molecule has 1 heterocycles. The third-order valence-corrected chi connectivity index (χ3v) is 3.32. The highest BCUT2D eigenvalue weighted by molar-refractivity contribution is 8.04. The summed E-state index contributed by atoms with van der Waals surface area (Å²) in [5, 5.41) is 2.43. The summed E-state index contributed by atoms with van der Waals surface area (Å²) in [6.45, 7) is 8.81. The third-order valence-electron chi connectivity index (χ3n) is 2.28. The molecule has 8 heteroatoms. The van der Waals surface area contributed by atoms with Crippen LogP contribution < -0.4 is 5.32 Å². The summed E-state index contributed by atoms with van der Waals surface area (Å²) >= 11 is 1.15. The Labute approximate surface area is 127 Å². The normalized spacial score (nSPS) is 19.4. The van der Waals surface area contributed by atoms with Crippen LogP contribution in [0.5, 0.6) is 0 Å². The lowest BCUT2D eigenvalue weighted by Gasteiger charge is -2.21. The third kappa shape index (κ3) is 5.22. The summed E-state index contributed by atoms with van der Waals surface area (Å²) in [4.78, 5) is 39.1. The fraction of sp³-hybridized carbons (Fsp3) is 0.538. The lowest BCUT2D eigenvalue weighted by Crippen LogP contribution is -2.44. The lowest BCUT2D eigenvalue weighted by atomic mass is 10.2. The fourth-order valence-corrected chi connectivity index (χ4v) is 2.24. The minimum Gasteiger partial charge on any atom is -0.464 e. The Morgan fingerprint density at radius 1 is 1.43 bits per heavy atom. The van der Waals surface area contributed by atoms with E-state index in [1.54, 1.807) is 20.8 Å². The van der Waals surface area contributed by atoms with E-state index in [2.05, 4.69) is 21.6 Å². The van der Waals surface area contributed by atoms with Crippen molar-refractivity contribution in [3.05, 3.63) is 11.5 Å². The van der Waals surface area contributed by atoms with Crippen LogP contribution in [0.2, 0.25) is 0 Å². The van der Waals surface area contributed by atoms with Crippen LogP contribution >= 0.6 is 11.8 Å². The molecule has 7 nitrogen and oxygen atoms in total. The molecule has 21 heavy (non-hydrogen) atoms. The number of aliphatic imine (C=N–C) groups is 1. The van der Waals surface area contributed by atoms with Crippen LogP contribution in [0, 0.1) is 0 Å². The number of nitrogens with zero attached hydrogens (tertiary/aromatic N) is 1. The smallest absolute Gasteiger partial charge is 0.408 e. The van der Waals surface area contributed by atoms with Gasteiger partial charge in [-0.25, -0.2) is 14.6 Å². The molecule has 1 aliphatic heterocycles. The molecule has 1 atom stereocenters. The van der Waals surface area contributed by atoms with Crippen LogP contribution in [-0.2, 0) is 19.1 Å². The molecule has 0 radical (unpaired) electrons. The molecule has 1 N–H and O–H groups in total. The van der Waals surface area contributed by atoms with Crippen LogP contribution in [0.15, 0.2) is 16.5 Å². The lowest BCUT2D eigenvalue weighted by molar-refractivity contribution is -0.133. The predicted molar refractivity (Wildman–Crippen MR) is 79.2 cm³/mol. The zero-order chi connectivity index (χ0) is 16.2. The largest absolute Gasteiger partial charge is 0.464 e. The number of carbonyl (C=O) groups excluding carboxylic acids is 3. The van der Waals surface area contributed by atoms with Gasteiger partial charge in [0.05, 0.1) is 7.11 Å². The number of nitrogens with one attached hydrogen (secondary N) is 1. The van der Waals surface area contributed by atoms with Crippen molar-refractivity contribution >= 4 is 35.4 Å². The molecule has 0 bridgehead atoms. The van der Waals surface area contributed by atoms with E-state index >= 15 is 0 Å². The average Bonchev–Trinajstić information content (AvgIpc) is 2.48. The van der Waals surface area contributed by atoms with Crippen molar-refractivity contribution in [1.29, 1.82) is 0 Å². The van der Waals surface area contributed by atoms with Gasteiger partial charge in [0.15, 0.2) is 5.71 Å². The number of methoxy groups -OCH3 is 1. The minimum absolute atomic E-state index is 0.138. The number of carbonyl (C=O) groups is 3. The highest BCUT2D eigenvalue weighted by Gasteiger charge is 2.30. The Kier molecular flexibility index (Phi) is 5.54. The molecule has 0 aromatic heterocycles. The van der Waals surface area contributed by atoms with E-state index in [0.717, 1.165) is 11.8 Å². The van der Waals surface area contributed by atoms with Crippen LogP contribution in [0.25, 0.3) is 0 Å². The van der Waals surface area contributed by atoms with Gasteiger partial charge in [-0.1, -0.05) is 6.58 Å². The SMILES string of the molecule is C=C1SC[C@H](NC(=O)OC(C)(C)C)C(=O)N=C1C(=O)OC. The first kappa shape index (κ1) is 17.2. The van der Waals surface area contributed by atoms with E-state index in [-0.39, 0.29) is 11.5 Å². The van der Waals surface area contributed by atoms with Crippen LogP contribution in [0.1, 0.15) is 20.8 Å². The van der Waals surface area contributed by atoms with Gasteiger partial charge in [-0.05, 0) is 20.8 Å². The topological polar surface area (TPSA) is 94.1 Å². The zero-order valence-corrected chi connectivity index (χ0v) is 13.2. The highest BCUT2D eigenvalue weighted by Crippen LogP contribution is 2.21. The van der Waals surface area contributed by atoms with E-state index in [9.17, 15) is 14.4 Å². The number of ether oxygens (including phenoxy) is 2. The van der Waals surface area contributed by atoms with Crippen molar-refractivity contribution in [1.82, 2.24) is 5.32 Å². The zero-order valence-electron chi connectivity index (χ0n) is 12.4. The number of hydrogen-bond acceptors (Lipinski definition) is 6. The van der Waals surface area contributed by atoms with Crippen molar-refractivity contribution in [3.8, 4) is 0 Å². The van der Waals surface area contributed by atoms with E-state index in [4.69, 9.17) is 4.74 Å². The maximum Gasteiger partial charge on any atom is 0.408 e. The number of esters is 1. The summed E-state index contributed by atoms with van der Waals surface area (Å²) in [5.41, 5.74) is -0.810. The second kappa shape index (κ2) is 6.75. The standard InChI is InChI=1S/C13H18N2O5S/c1-7-9(11(17)19-5)15-10(16)8(6-21-7)14-12(18)20-13(2,3)4/h8H,1,6H2,2-5H3,(H,14,18)/t8-/m0/s1. The average molecular weight is 314 g/mol. The van der Waals surface area contributed by atoms with Crippen molar-refractivity contribution in [3.63, 3.8) is 0 Å². The van der Waals surface area contributed by atoms with Gasteiger partial charge >= 0.3 is 12.1 Å². The molecule has 0 fully saturated rings. The molecule has 1 rings (SSSR count). The predicted octanol–water partition coefficient (Wildman–Crippen LogP) is 1.28. The summed E-state index contributed by atoms with van der Waals surface area (Å²) in [6, 6.07) is -0.885. The summed E-state index contributed by atoms with van der Waals surface area (Å²) < 4.78 is 9.62. The molecule has 0 saturated carbocycles. The summed E-state index contributed by atoms with van der Waals surface area (Å²) in [5.74, 6) is -1.17. The monoisotopic (exact) mass is 314 g/mol. The molecule has 1 aliphatic rings. The van der Waals surface area contributed by atoms with Gasteiger partial charge in [-0.3, -0.25) is 4.79 Å². The molecule has 0 aromatic carbocycles. The molecule has 0 spiro atoms. The Bertz CT molecular complexity index is 507. The Balaban J connectivity index is 2.81. The summed E-state index contributed by atoms with van der Waals surface area (Å²) in [7, 11) is 1.19. The number of alkyl carbamates (subject to hydrolysis) is 1. The van der Waals surface area contributed by atoms with Gasteiger partial charge in [0.25, 0.3) is 5.91 Å². The van der Waals surface area contributed by atoms with Crippen molar-refractivity contribution in [2.75, 3.05) is 12.9 Å². The second-order valence-corrected chi connectivity index (χ2v) is 6.34. The molecule has 0 aromatic rings. The molecule has 0 aliphatic carbocycles. The molecule has 0 saturated heterocycles. The first-order valence-electron chi connectivity index (χ1n) is 6.16. The Morgan fingerprint density at radius 3 is 2.57 bits per heavy atom. The van der Waals surface area contributed by atoms with E-state index in [1.807, 2.05) is 0 Å². The first-order chi connectivity index (χ1) is 9.64. The molecular weight excluding hydrogens is 296 g/mol. The van der Waals surface area contributed by atoms with Crippen LogP contribution in [-0.4, -0.2) is 48.2 Å². The van der Waals surface area contributed by atoms with Crippen molar-refractivity contribution in [2.24, 2.45) is 4.99 Å². The Hall–Kier alpha value is -1.83. The number of rotatable bonds is 2. The van der Waals surface area contributed by atoms with Gasteiger partial charge in [0.2, 0.25) is 0 Å². The van der Waals surface area contributed by atoms with Gasteiger partial charge in [0.1, 0.15) is 11.6 Å². The number of amides is 2. The Morgan fingerprint density at radius 2 is 2.05 bits per heavy atom. The molecule has 116 valence electrons. The quantitative estimate of drug-likeness (QED) is 0.772. The van der Waals surface area contributed by atoms with E-state index in [1.165, 1.54) is 7.11 Å². The first-order valence-corrected chi connectivity index (χ1v) is 7.15.